The molecule has 6 heteroatoms. The first kappa shape index (κ1) is 12.5. The Bertz CT molecular complexity index is 222. The van der Waals surface area contributed by atoms with Gasteiger partial charge in [0.2, 0.25) is 0 Å². The lowest BCUT2D eigenvalue weighted by Gasteiger charge is -2.38. The van der Waals surface area contributed by atoms with Crippen molar-refractivity contribution in [2.24, 2.45) is 11.5 Å². The standard InChI is InChI=1S/C8H16N2O4/c1-7(2,13-5(9)11)8(3,4)14-6(10)12/h1-4H3,(H2,9,11)(H2,10,12). The molecule has 0 aromatic heterocycles. The molecule has 0 aromatic rings. The largest absolute Gasteiger partial charge is 0.439 e. The Hall–Kier alpha value is -1.46. The van der Waals surface area contributed by atoms with E-state index in [0.29, 0.717) is 0 Å². The molecule has 0 radical (unpaired) electrons. The minimum atomic E-state index is -1.05. The molecule has 6 nitrogen and oxygen atoms in total. The van der Waals surface area contributed by atoms with Crippen molar-refractivity contribution >= 4 is 12.2 Å². The van der Waals surface area contributed by atoms with Crippen molar-refractivity contribution in [2.45, 2.75) is 38.9 Å². The summed E-state index contributed by atoms with van der Waals surface area (Å²) in [6.07, 6.45) is -1.87. The van der Waals surface area contributed by atoms with Crippen LogP contribution in [0.1, 0.15) is 27.7 Å². The van der Waals surface area contributed by atoms with Gasteiger partial charge in [-0.1, -0.05) is 0 Å². The van der Waals surface area contributed by atoms with Crippen molar-refractivity contribution in [3.63, 3.8) is 0 Å². The van der Waals surface area contributed by atoms with E-state index < -0.39 is 23.4 Å². The van der Waals surface area contributed by atoms with Gasteiger partial charge in [0.05, 0.1) is 0 Å². The molecule has 0 saturated carbocycles. The summed E-state index contributed by atoms with van der Waals surface area (Å²) in [7, 11) is 0. The fraction of sp³-hybridized carbons (Fsp3) is 0.750. The van der Waals surface area contributed by atoms with E-state index in [-0.39, 0.29) is 0 Å². The highest BCUT2D eigenvalue weighted by molar-refractivity contribution is 5.66. The second kappa shape index (κ2) is 3.73. The zero-order valence-electron chi connectivity index (χ0n) is 8.79. The van der Waals surface area contributed by atoms with Crippen LogP contribution in [0.2, 0.25) is 0 Å². The van der Waals surface area contributed by atoms with Crippen LogP contribution in [0.4, 0.5) is 9.59 Å². The van der Waals surface area contributed by atoms with Gasteiger partial charge in [0.15, 0.2) is 0 Å². The molecular weight excluding hydrogens is 188 g/mol. The van der Waals surface area contributed by atoms with Crippen LogP contribution in [0.3, 0.4) is 0 Å². The zero-order chi connectivity index (χ0) is 11.6. The van der Waals surface area contributed by atoms with Crippen LogP contribution < -0.4 is 11.5 Å². The molecule has 0 bridgehead atoms. The number of primary amides is 2. The van der Waals surface area contributed by atoms with E-state index in [9.17, 15) is 9.59 Å². The van der Waals surface area contributed by atoms with Crippen molar-refractivity contribution in [3.05, 3.63) is 0 Å². The van der Waals surface area contributed by atoms with Gasteiger partial charge in [-0.05, 0) is 27.7 Å². The van der Waals surface area contributed by atoms with Crippen molar-refractivity contribution in [2.75, 3.05) is 0 Å². The molecule has 0 fully saturated rings. The van der Waals surface area contributed by atoms with Gasteiger partial charge in [-0.2, -0.15) is 0 Å². The predicted octanol–water partition coefficient (Wildman–Crippen LogP) is 0.734. The summed E-state index contributed by atoms with van der Waals surface area (Å²) < 4.78 is 9.62. The summed E-state index contributed by atoms with van der Waals surface area (Å²) in [6, 6.07) is 0. The number of carbonyl (C=O) groups is 2. The second-order valence-electron chi connectivity index (χ2n) is 3.86. The Kier molecular flexibility index (Phi) is 3.34. The number of hydrogen-bond donors (Lipinski definition) is 2. The highest BCUT2D eigenvalue weighted by Gasteiger charge is 2.43. The second-order valence-corrected chi connectivity index (χ2v) is 3.86. The van der Waals surface area contributed by atoms with Gasteiger partial charge in [0, 0.05) is 0 Å². The Labute approximate surface area is 82.5 Å². The lowest BCUT2D eigenvalue weighted by atomic mass is 9.89. The third-order valence-electron chi connectivity index (χ3n) is 2.16. The molecular formula is C8H16N2O4. The molecule has 0 heterocycles. The zero-order valence-corrected chi connectivity index (χ0v) is 8.79. The summed E-state index contributed by atoms with van der Waals surface area (Å²) in [5.41, 5.74) is 7.65. The normalized spacial score (nSPS) is 12.0. The first-order chi connectivity index (χ1) is 6.08. The predicted molar refractivity (Wildman–Crippen MR) is 49.5 cm³/mol. The number of amides is 2. The lowest BCUT2D eigenvalue weighted by Crippen LogP contribution is -2.52. The van der Waals surface area contributed by atoms with Crippen LogP contribution in [0.15, 0.2) is 0 Å². The average Bonchev–Trinajstić information content (AvgIpc) is 1.78. The fourth-order valence-corrected chi connectivity index (χ4v) is 0.749. The number of carbonyl (C=O) groups excluding carboxylic acids is 2. The van der Waals surface area contributed by atoms with Crippen LogP contribution in [-0.2, 0) is 9.47 Å². The smallest absolute Gasteiger partial charge is 0.405 e. The molecule has 2 amide bonds. The van der Waals surface area contributed by atoms with Crippen LogP contribution in [0.5, 0.6) is 0 Å². The first-order valence-electron chi connectivity index (χ1n) is 4.05. The van der Waals surface area contributed by atoms with E-state index >= 15 is 0 Å². The Morgan fingerprint density at radius 3 is 1.21 bits per heavy atom. The van der Waals surface area contributed by atoms with Gasteiger partial charge < -0.3 is 20.9 Å². The van der Waals surface area contributed by atoms with Crippen LogP contribution >= 0.6 is 0 Å². The number of rotatable bonds is 3. The SMILES string of the molecule is CC(C)(OC(N)=O)C(C)(C)OC(N)=O. The van der Waals surface area contributed by atoms with E-state index in [1.54, 1.807) is 27.7 Å². The van der Waals surface area contributed by atoms with E-state index in [0.717, 1.165) is 0 Å². The maximum absolute atomic E-state index is 10.6. The molecule has 0 spiro atoms. The van der Waals surface area contributed by atoms with Crippen molar-refractivity contribution in [1.29, 1.82) is 0 Å². The summed E-state index contributed by atoms with van der Waals surface area (Å²) in [5.74, 6) is 0. The molecule has 0 saturated heterocycles. The number of ether oxygens (including phenoxy) is 2. The summed E-state index contributed by atoms with van der Waals surface area (Å²) in [6.45, 7) is 6.28. The topological polar surface area (TPSA) is 105 Å². The molecule has 0 aliphatic carbocycles. The minimum Gasteiger partial charge on any atom is -0.439 e. The van der Waals surface area contributed by atoms with Crippen LogP contribution in [0.25, 0.3) is 0 Å². The molecule has 0 aliphatic heterocycles. The van der Waals surface area contributed by atoms with Gasteiger partial charge in [-0.3, -0.25) is 0 Å². The van der Waals surface area contributed by atoms with E-state index in [4.69, 9.17) is 20.9 Å². The van der Waals surface area contributed by atoms with Gasteiger partial charge in [-0.25, -0.2) is 9.59 Å². The van der Waals surface area contributed by atoms with E-state index in [1.165, 1.54) is 0 Å². The van der Waals surface area contributed by atoms with Gasteiger partial charge in [-0.15, -0.1) is 0 Å². The third kappa shape index (κ3) is 3.12. The molecule has 0 aromatic carbocycles. The maximum Gasteiger partial charge on any atom is 0.405 e. The molecule has 0 unspecified atom stereocenters. The van der Waals surface area contributed by atoms with Crippen LogP contribution in [0, 0.1) is 0 Å². The highest BCUT2D eigenvalue weighted by atomic mass is 16.6. The molecule has 4 N–H and O–H groups in total. The van der Waals surface area contributed by atoms with Gasteiger partial charge in [0.25, 0.3) is 0 Å². The monoisotopic (exact) mass is 204 g/mol. The fourth-order valence-electron chi connectivity index (χ4n) is 0.749. The van der Waals surface area contributed by atoms with Crippen molar-refractivity contribution in [3.8, 4) is 0 Å². The summed E-state index contributed by atoms with van der Waals surface area (Å²) >= 11 is 0. The van der Waals surface area contributed by atoms with Crippen molar-refractivity contribution in [1.82, 2.24) is 0 Å². The number of nitrogens with two attached hydrogens (primary N) is 2. The highest BCUT2D eigenvalue weighted by Crippen LogP contribution is 2.28. The average molecular weight is 204 g/mol. The maximum atomic E-state index is 10.6. The van der Waals surface area contributed by atoms with E-state index in [2.05, 4.69) is 0 Å². The number of hydrogen-bond acceptors (Lipinski definition) is 4. The van der Waals surface area contributed by atoms with E-state index in [1.807, 2.05) is 0 Å². The molecule has 14 heavy (non-hydrogen) atoms. The summed E-state index contributed by atoms with van der Waals surface area (Å²) in [5, 5.41) is 0. The summed E-state index contributed by atoms with van der Waals surface area (Å²) in [4.78, 5) is 21.2. The molecule has 0 aliphatic rings. The quantitative estimate of drug-likeness (QED) is 0.707. The Morgan fingerprint density at radius 2 is 1.07 bits per heavy atom. The van der Waals surface area contributed by atoms with Gasteiger partial charge in [0.1, 0.15) is 11.2 Å². The first-order valence-corrected chi connectivity index (χ1v) is 4.05. The Morgan fingerprint density at radius 1 is 0.857 bits per heavy atom. The molecule has 0 atom stereocenters. The third-order valence-corrected chi connectivity index (χ3v) is 2.16. The van der Waals surface area contributed by atoms with Crippen molar-refractivity contribution < 1.29 is 19.1 Å². The lowest BCUT2D eigenvalue weighted by molar-refractivity contribution is -0.111. The molecule has 82 valence electrons. The molecule has 0 rings (SSSR count). The van der Waals surface area contributed by atoms with Crippen LogP contribution in [-0.4, -0.2) is 23.4 Å². The Balaban J connectivity index is 4.67. The van der Waals surface area contributed by atoms with Gasteiger partial charge >= 0.3 is 12.2 Å². The minimum absolute atomic E-state index is 0.934.